The summed E-state index contributed by atoms with van der Waals surface area (Å²) in [5.41, 5.74) is -1.18. The molecule has 0 aromatic heterocycles. The molecular weight excluding hydrogens is 246 g/mol. The number of hydrogen-bond acceptors (Lipinski definition) is 4. The predicted molar refractivity (Wildman–Crippen MR) is 69.3 cm³/mol. The molecule has 0 aromatic rings. The van der Waals surface area contributed by atoms with Gasteiger partial charge in [0.15, 0.2) is 0 Å². The van der Waals surface area contributed by atoms with Crippen LogP contribution in [0.15, 0.2) is 12.7 Å². The lowest BCUT2D eigenvalue weighted by molar-refractivity contribution is -0.254. The van der Waals surface area contributed by atoms with Crippen molar-refractivity contribution in [3.8, 4) is 0 Å². The maximum Gasteiger partial charge on any atom is 0.237 e. The van der Waals surface area contributed by atoms with Crippen molar-refractivity contribution in [3.05, 3.63) is 12.7 Å². The van der Waals surface area contributed by atoms with Crippen LogP contribution in [0.25, 0.3) is 0 Å². The van der Waals surface area contributed by atoms with E-state index in [9.17, 15) is 9.59 Å². The fourth-order valence-electron chi connectivity index (χ4n) is 3.63. The fraction of sp³-hybridized carbons (Fsp3) is 0.714. The van der Waals surface area contributed by atoms with Gasteiger partial charge in [-0.15, -0.1) is 6.58 Å². The van der Waals surface area contributed by atoms with Crippen molar-refractivity contribution in [3.63, 3.8) is 0 Å². The van der Waals surface area contributed by atoms with E-state index in [-0.39, 0.29) is 29.6 Å². The molecule has 2 aliphatic rings. The maximum absolute atomic E-state index is 12.6. The smallest absolute Gasteiger partial charge is 0.237 e. The molecule has 5 heteroatoms. The van der Waals surface area contributed by atoms with E-state index >= 15 is 0 Å². The number of carbonyl (C=O) groups excluding carboxylic acids is 2. The van der Waals surface area contributed by atoms with Gasteiger partial charge in [-0.2, -0.15) is 0 Å². The van der Waals surface area contributed by atoms with E-state index in [1.807, 2.05) is 13.8 Å². The first-order chi connectivity index (χ1) is 8.87. The molecule has 0 aromatic carbocycles. The Labute approximate surface area is 113 Å². The molecule has 19 heavy (non-hydrogen) atoms. The van der Waals surface area contributed by atoms with E-state index < -0.39 is 5.41 Å². The van der Waals surface area contributed by atoms with E-state index in [1.54, 1.807) is 11.0 Å². The lowest BCUT2D eigenvalue weighted by atomic mass is 9.73. The standard InChI is InChI=1S/C14H21NO4/c1-4-5-15-7-10(8-19-18)14(12(15)17)9-13(2,3)6-11(14)16/h4,10,18H,1,5-9H2,2-3H3/t10-,14-/m1/s1. The molecule has 1 spiro atoms. The van der Waals surface area contributed by atoms with Crippen LogP contribution < -0.4 is 0 Å². The summed E-state index contributed by atoms with van der Waals surface area (Å²) in [6.45, 7) is 8.51. The number of rotatable bonds is 4. The van der Waals surface area contributed by atoms with Gasteiger partial charge in [0, 0.05) is 25.4 Å². The van der Waals surface area contributed by atoms with E-state index in [0.717, 1.165) is 0 Å². The van der Waals surface area contributed by atoms with Gasteiger partial charge >= 0.3 is 0 Å². The average Bonchev–Trinajstić information content (AvgIpc) is 2.70. The monoisotopic (exact) mass is 267 g/mol. The number of ketones is 1. The summed E-state index contributed by atoms with van der Waals surface area (Å²) in [7, 11) is 0. The van der Waals surface area contributed by atoms with E-state index in [1.165, 1.54) is 0 Å². The minimum Gasteiger partial charge on any atom is -0.338 e. The van der Waals surface area contributed by atoms with Crippen LogP contribution in [-0.2, 0) is 14.5 Å². The van der Waals surface area contributed by atoms with Crippen LogP contribution in [0.2, 0.25) is 0 Å². The Bertz CT molecular complexity index is 418. The zero-order chi connectivity index (χ0) is 14.3. The van der Waals surface area contributed by atoms with Crippen LogP contribution in [0.1, 0.15) is 26.7 Å². The highest BCUT2D eigenvalue weighted by Crippen LogP contribution is 2.54. The molecule has 1 amide bonds. The molecule has 0 unspecified atom stereocenters. The Balaban J connectivity index is 2.37. The van der Waals surface area contributed by atoms with Crippen molar-refractivity contribution in [2.45, 2.75) is 26.7 Å². The number of nitrogens with zero attached hydrogens (tertiary/aromatic N) is 1. The molecule has 1 saturated carbocycles. The molecule has 2 atom stereocenters. The SMILES string of the molecule is C=CCN1C[C@H](COO)[C@@]2(CC(C)(C)CC2=O)C1=O. The highest BCUT2D eigenvalue weighted by molar-refractivity contribution is 6.09. The van der Waals surface area contributed by atoms with Crippen LogP contribution >= 0.6 is 0 Å². The third kappa shape index (κ3) is 2.11. The molecular formula is C14H21NO4. The lowest BCUT2D eigenvalue weighted by Crippen LogP contribution is -2.41. The number of amides is 1. The minimum absolute atomic E-state index is 0.0151. The third-order valence-electron chi connectivity index (χ3n) is 4.33. The minimum atomic E-state index is -1.00. The van der Waals surface area contributed by atoms with Gasteiger partial charge in [-0.3, -0.25) is 14.8 Å². The van der Waals surface area contributed by atoms with E-state index in [0.29, 0.717) is 25.9 Å². The highest BCUT2D eigenvalue weighted by atomic mass is 17.1. The average molecular weight is 267 g/mol. The fourth-order valence-corrected chi connectivity index (χ4v) is 3.63. The largest absolute Gasteiger partial charge is 0.338 e. The third-order valence-corrected chi connectivity index (χ3v) is 4.33. The first-order valence-electron chi connectivity index (χ1n) is 6.57. The van der Waals surface area contributed by atoms with Crippen molar-refractivity contribution >= 4 is 11.7 Å². The van der Waals surface area contributed by atoms with Crippen molar-refractivity contribution in [2.75, 3.05) is 19.7 Å². The van der Waals surface area contributed by atoms with Crippen LogP contribution in [0.5, 0.6) is 0 Å². The molecule has 2 fully saturated rings. The Morgan fingerprint density at radius 1 is 1.53 bits per heavy atom. The van der Waals surface area contributed by atoms with Gasteiger partial charge in [0.1, 0.15) is 11.2 Å². The Kier molecular flexibility index (Phi) is 3.53. The van der Waals surface area contributed by atoms with Gasteiger partial charge in [-0.25, -0.2) is 4.89 Å². The molecule has 0 bridgehead atoms. The molecule has 106 valence electrons. The molecule has 0 radical (unpaired) electrons. The van der Waals surface area contributed by atoms with Crippen molar-refractivity contribution < 1.29 is 19.7 Å². The maximum atomic E-state index is 12.6. The summed E-state index contributed by atoms with van der Waals surface area (Å²) >= 11 is 0. The zero-order valence-electron chi connectivity index (χ0n) is 11.5. The molecule has 1 N–H and O–H groups in total. The van der Waals surface area contributed by atoms with Gasteiger partial charge in [-0.1, -0.05) is 19.9 Å². The first kappa shape index (κ1) is 14.2. The molecule has 5 nitrogen and oxygen atoms in total. The van der Waals surface area contributed by atoms with Crippen molar-refractivity contribution in [1.82, 2.24) is 4.90 Å². The van der Waals surface area contributed by atoms with Crippen LogP contribution in [0.4, 0.5) is 0 Å². The van der Waals surface area contributed by atoms with E-state index in [4.69, 9.17) is 5.26 Å². The lowest BCUT2D eigenvalue weighted by Gasteiger charge is -2.27. The molecule has 1 aliphatic carbocycles. The Hall–Kier alpha value is -1.20. The van der Waals surface area contributed by atoms with Crippen molar-refractivity contribution in [1.29, 1.82) is 0 Å². The zero-order valence-corrected chi connectivity index (χ0v) is 11.5. The topological polar surface area (TPSA) is 66.8 Å². The number of likely N-dealkylation sites (tertiary alicyclic amines) is 1. The number of hydrogen-bond donors (Lipinski definition) is 1. The second kappa shape index (κ2) is 4.72. The molecule has 1 saturated heterocycles. The van der Waals surface area contributed by atoms with Crippen molar-refractivity contribution in [2.24, 2.45) is 16.7 Å². The summed E-state index contributed by atoms with van der Waals surface area (Å²) in [6.07, 6.45) is 2.58. The van der Waals surface area contributed by atoms with E-state index in [2.05, 4.69) is 11.5 Å². The molecule has 2 rings (SSSR count). The van der Waals surface area contributed by atoms with Gasteiger partial charge in [0.05, 0.1) is 6.61 Å². The van der Waals surface area contributed by atoms with Crippen LogP contribution in [-0.4, -0.2) is 41.5 Å². The van der Waals surface area contributed by atoms with Gasteiger partial charge in [-0.05, 0) is 11.8 Å². The second-order valence-electron chi connectivity index (χ2n) is 6.40. The van der Waals surface area contributed by atoms with Crippen LogP contribution in [0, 0.1) is 16.7 Å². The molecule has 1 heterocycles. The normalized spacial score (nSPS) is 33.4. The quantitative estimate of drug-likeness (QED) is 0.363. The summed E-state index contributed by atoms with van der Waals surface area (Å²) < 4.78 is 0. The summed E-state index contributed by atoms with van der Waals surface area (Å²) in [6, 6.07) is 0. The number of Topliss-reactive ketones (excluding diaryl/α,β-unsaturated/α-hetero) is 1. The molecule has 1 aliphatic heterocycles. The predicted octanol–water partition coefficient (Wildman–Crippen LogP) is 1.50. The first-order valence-corrected chi connectivity index (χ1v) is 6.57. The van der Waals surface area contributed by atoms with Crippen LogP contribution in [0.3, 0.4) is 0 Å². The number of carbonyl (C=O) groups is 2. The summed E-state index contributed by atoms with van der Waals surface area (Å²) in [5.74, 6) is -0.430. The van der Waals surface area contributed by atoms with Gasteiger partial charge in [0.25, 0.3) is 0 Å². The van der Waals surface area contributed by atoms with Gasteiger partial charge < -0.3 is 4.90 Å². The van der Waals surface area contributed by atoms with Gasteiger partial charge in [0.2, 0.25) is 5.91 Å². The highest BCUT2D eigenvalue weighted by Gasteiger charge is 2.64. The Morgan fingerprint density at radius 2 is 2.21 bits per heavy atom. The summed E-state index contributed by atoms with van der Waals surface area (Å²) in [4.78, 5) is 31.0. The second-order valence-corrected chi connectivity index (χ2v) is 6.40. The summed E-state index contributed by atoms with van der Waals surface area (Å²) in [5, 5.41) is 8.73. The Morgan fingerprint density at radius 3 is 2.68 bits per heavy atom.